The Labute approximate surface area is 380 Å². The second-order valence-electron chi connectivity index (χ2n) is 18.9. The van der Waals surface area contributed by atoms with Gasteiger partial charge in [-0.15, -0.1) is 0 Å². The third kappa shape index (κ3) is 47.9. The highest BCUT2D eigenvalue weighted by atomic mass is 16.5. The fourth-order valence-corrected chi connectivity index (χ4v) is 8.58. The van der Waals surface area contributed by atoms with Crippen LogP contribution in [0.5, 0.6) is 0 Å². The molecule has 0 saturated carbocycles. The monoisotopic (exact) mass is 862 g/mol. The average molecular weight is 862 g/mol. The molecule has 0 aromatic carbocycles. The van der Waals surface area contributed by atoms with E-state index in [1.807, 2.05) is 6.08 Å². The lowest BCUT2D eigenvalue weighted by atomic mass is 10.0. The van der Waals surface area contributed by atoms with Crippen molar-refractivity contribution in [3.63, 3.8) is 0 Å². The lowest BCUT2D eigenvalue weighted by Crippen LogP contribution is -2.45. The van der Waals surface area contributed by atoms with Gasteiger partial charge in [0.25, 0.3) is 0 Å². The molecule has 362 valence electrons. The van der Waals surface area contributed by atoms with Crippen LogP contribution in [0.4, 0.5) is 0 Å². The summed E-state index contributed by atoms with van der Waals surface area (Å²) in [7, 11) is 0. The van der Waals surface area contributed by atoms with Crippen LogP contribution in [-0.4, -0.2) is 47.4 Å². The van der Waals surface area contributed by atoms with Gasteiger partial charge >= 0.3 is 5.97 Å². The first-order valence-corrected chi connectivity index (χ1v) is 27.5. The van der Waals surface area contributed by atoms with E-state index in [1.54, 1.807) is 6.08 Å². The number of esters is 1. The summed E-state index contributed by atoms with van der Waals surface area (Å²) >= 11 is 0. The van der Waals surface area contributed by atoms with Gasteiger partial charge < -0.3 is 20.3 Å². The molecule has 2 atom stereocenters. The van der Waals surface area contributed by atoms with Crippen molar-refractivity contribution in [2.75, 3.05) is 13.2 Å². The van der Waals surface area contributed by atoms with E-state index < -0.39 is 12.1 Å². The van der Waals surface area contributed by atoms with Gasteiger partial charge in [0, 0.05) is 12.8 Å². The largest absolute Gasteiger partial charge is 0.466 e. The fraction of sp³-hybridized carbons (Fsp3) is 0.927. The smallest absolute Gasteiger partial charge is 0.305 e. The van der Waals surface area contributed by atoms with Gasteiger partial charge in [0.05, 0.1) is 25.4 Å². The van der Waals surface area contributed by atoms with Gasteiger partial charge in [-0.1, -0.05) is 270 Å². The SMILES string of the molecule is CCCCCCCCCCCCCC/C=C/C(O)C(CO)NC(=O)CCCCCCCCCCCCCCCCOC(=O)CCCCCCCCCCCCCCCCCC. The van der Waals surface area contributed by atoms with E-state index in [0.717, 1.165) is 57.8 Å². The Bertz CT molecular complexity index is 909. The van der Waals surface area contributed by atoms with Crippen LogP contribution in [0.2, 0.25) is 0 Å². The first-order chi connectivity index (χ1) is 30.0. The van der Waals surface area contributed by atoms with Crippen LogP contribution in [0.3, 0.4) is 0 Å². The molecule has 1 amide bonds. The first-order valence-electron chi connectivity index (χ1n) is 27.5. The molecule has 0 saturated heterocycles. The highest BCUT2D eigenvalue weighted by Crippen LogP contribution is 2.17. The highest BCUT2D eigenvalue weighted by Gasteiger charge is 2.18. The number of hydrogen-bond acceptors (Lipinski definition) is 5. The summed E-state index contributed by atoms with van der Waals surface area (Å²) in [5.74, 6) is -0.0768. The molecule has 0 bridgehead atoms. The van der Waals surface area contributed by atoms with Gasteiger partial charge in [-0.25, -0.2) is 0 Å². The number of amides is 1. The average Bonchev–Trinajstić information content (AvgIpc) is 3.26. The van der Waals surface area contributed by atoms with Crippen molar-refractivity contribution in [2.45, 2.75) is 315 Å². The molecular weight excluding hydrogens is 755 g/mol. The number of aliphatic hydroxyl groups excluding tert-OH is 2. The fourth-order valence-electron chi connectivity index (χ4n) is 8.58. The van der Waals surface area contributed by atoms with Gasteiger partial charge in [0.1, 0.15) is 0 Å². The zero-order valence-electron chi connectivity index (χ0n) is 41.2. The lowest BCUT2D eigenvalue weighted by Gasteiger charge is -2.20. The topological polar surface area (TPSA) is 95.9 Å². The Balaban J connectivity index is 3.44. The summed E-state index contributed by atoms with van der Waals surface area (Å²) in [5, 5.41) is 23.1. The van der Waals surface area contributed by atoms with Crippen LogP contribution in [0.25, 0.3) is 0 Å². The van der Waals surface area contributed by atoms with Crippen LogP contribution in [-0.2, 0) is 14.3 Å². The second-order valence-corrected chi connectivity index (χ2v) is 18.9. The molecule has 0 fully saturated rings. The van der Waals surface area contributed by atoms with Crippen LogP contribution in [0.15, 0.2) is 12.2 Å². The quantitative estimate of drug-likeness (QED) is 0.0322. The summed E-state index contributed by atoms with van der Waals surface area (Å²) in [6.07, 6.45) is 59.3. The van der Waals surface area contributed by atoms with Crippen molar-refractivity contribution in [2.24, 2.45) is 0 Å². The molecule has 6 heteroatoms. The number of rotatable bonds is 51. The maximum absolute atomic E-state index is 12.4. The third-order valence-electron chi connectivity index (χ3n) is 12.8. The standard InChI is InChI=1S/C55H107NO5/c1-3-5-7-9-11-13-15-17-19-20-25-29-33-37-41-45-49-55(60)61-50-46-42-38-34-30-26-22-21-24-28-32-36-40-44-48-54(59)56-52(51-57)53(58)47-43-39-35-31-27-23-18-16-14-12-10-8-6-4-2/h43,47,52-53,57-58H,3-42,44-46,48-51H2,1-2H3,(H,56,59)/b47-43+. The van der Waals surface area contributed by atoms with Gasteiger partial charge in [0.15, 0.2) is 0 Å². The van der Waals surface area contributed by atoms with Crippen molar-refractivity contribution in [1.82, 2.24) is 5.32 Å². The molecule has 0 aliphatic rings. The highest BCUT2D eigenvalue weighted by molar-refractivity contribution is 5.76. The summed E-state index contributed by atoms with van der Waals surface area (Å²) < 4.78 is 5.48. The summed E-state index contributed by atoms with van der Waals surface area (Å²) in [5.41, 5.74) is 0. The number of unbranched alkanes of at least 4 members (excludes halogenated alkanes) is 40. The number of allylic oxidation sites excluding steroid dienone is 1. The molecule has 0 radical (unpaired) electrons. The van der Waals surface area contributed by atoms with E-state index in [1.165, 1.54) is 218 Å². The van der Waals surface area contributed by atoms with Crippen LogP contribution < -0.4 is 5.32 Å². The summed E-state index contributed by atoms with van der Waals surface area (Å²) in [6, 6.07) is -0.634. The third-order valence-corrected chi connectivity index (χ3v) is 12.8. The molecule has 3 N–H and O–H groups in total. The number of aliphatic hydroxyl groups is 2. The molecule has 0 aliphatic carbocycles. The van der Waals surface area contributed by atoms with Gasteiger partial charge in [-0.2, -0.15) is 0 Å². The molecule has 61 heavy (non-hydrogen) atoms. The molecule has 0 aromatic heterocycles. The molecule has 2 unspecified atom stereocenters. The number of carbonyl (C=O) groups excluding carboxylic acids is 2. The Morgan fingerprint density at radius 3 is 1.11 bits per heavy atom. The van der Waals surface area contributed by atoms with Crippen molar-refractivity contribution in [3.05, 3.63) is 12.2 Å². The number of carbonyl (C=O) groups is 2. The van der Waals surface area contributed by atoms with Crippen molar-refractivity contribution >= 4 is 11.9 Å². The van der Waals surface area contributed by atoms with Crippen LogP contribution in [0, 0.1) is 0 Å². The van der Waals surface area contributed by atoms with Crippen LogP contribution in [0.1, 0.15) is 303 Å². The zero-order valence-corrected chi connectivity index (χ0v) is 41.2. The van der Waals surface area contributed by atoms with Gasteiger partial charge in [0.2, 0.25) is 5.91 Å². The Hall–Kier alpha value is -1.40. The normalized spacial score (nSPS) is 12.7. The van der Waals surface area contributed by atoms with Gasteiger partial charge in [-0.3, -0.25) is 9.59 Å². The van der Waals surface area contributed by atoms with E-state index in [0.29, 0.717) is 19.4 Å². The predicted molar refractivity (Wildman–Crippen MR) is 264 cm³/mol. The Kier molecular flexibility index (Phi) is 50.1. The predicted octanol–water partition coefficient (Wildman–Crippen LogP) is 16.5. The van der Waals surface area contributed by atoms with E-state index in [9.17, 15) is 19.8 Å². The van der Waals surface area contributed by atoms with Crippen molar-refractivity contribution < 1.29 is 24.5 Å². The van der Waals surface area contributed by atoms with E-state index in [-0.39, 0.29) is 18.5 Å². The summed E-state index contributed by atoms with van der Waals surface area (Å²) in [6.45, 7) is 4.89. The number of nitrogens with one attached hydrogen (secondary N) is 1. The second kappa shape index (κ2) is 51.2. The molecular formula is C55H107NO5. The van der Waals surface area contributed by atoms with E-state index >= 15 is 0 Å². The molecule has 0 heterocycles. The first kappa shape index (κ1) is 59.6. The molecule has 0 aliphatic heterocycles. The molecule has 6 nitrogen and oxygen atoms in total. The van der Waals surface area contributed by atoms with Crippen LogP contribution >= 0.6 is 0 Å². The molecule has 0 aromatic rings. The van der Waals surface area contributed by atoms with Gasteiger partial charge in [-0.05, 0) is 32.1 Å². The minimum atomic E-state index is -0.850. The number of hydrogen-bond donors (Lipinski definition) is 3. The van der Waals surface area contributed by atoms with Crippen molar-refractivity contribution in [3.8, 4) is 0 Å². The minimum absolute atomic E-state index is 0.000281. The Morgan fingerprint density at radius 2 is 0.754 bits per heavy atom. The lowest BCUT2D eigenvalue weighted by molar-refractivity contribution is -0.143. The molecule has 0 spiro atoms. The van der Waals surface area contributed by atoms with Crippen molar-refractivity contribution in [1.29, 1.82) is 0 Å². The Morgan fingerprint density at radius 1 is 0.443 bits per heavy atom. The zero-order chi connectivity index (χ0) is 44.4. The van der Waals surface area contributed by atoms with E-state index in [2.05, 4.69) is 19.2 Å². The number of ether oxygens (including phenoxy) is 1. The molecule has 0 rings (SSSR count). The minimum Gasteiger partial charge on any atom is -0.466 e. The maximum atomic E-state index is 12.4. The maximum Gasteiger partial charge on any atom is 0.305 e. The van der Waals surface area contributed by atoms with E-state index in [4.69, 9.17) is 4.74 Å². The summed E-state index contributed by atoms with van der Waals surface area (Å²) in [4.78, 5) is 24.5.